The fourth-order valence-corrected chi connectivity index (χ4v) is 1.74. The number of carboxylic acid groups (broad SMARTS) is 1. The van der Waals surface area contributed by atoms with Crippen molar-refractivity contribution in [3.8, 4) is 0 Å². The molecule has 0 unspecified atom stereocenters. The van der Waals surface area contributed by atoms with Gasteiger partial charge < -0.3 is 14.6 Å². The molecule has 0 aliphatic heterocycles. The van der Waals surface area contributed by atoms with E-state index in [-0.39, 0.29) is 13.0 Å². The Morgan fingerprint density at radius 2 is 1.70 bits per heavy atom. The lowest BCUT2D eigenvalue weighted by Crippen LogP contribution is -2.40. The Balaban J connectivity index is 3.01. The van der Waals surface area contributed by atoms with Crippen molar-refractivity contribution in [2.24, 2.45) is 0 Å². The van der Waals surface area contributed by atoms with E-state index in [2.05, 4.69) is 4.74 Å². The lowest BCUT2D eigenvalue weighted by Gasteiger charge is -2.26. The van der Waals surface area contributed by atoms with Crippen LogP contribution in [0.5, 0.6) is 0 Å². The van der Waals surface area contributed by atoms with Crippen LogP contribution in [-0.2, 0) is 25.5 Å². The molecule has 0 aliphatic carbocycles. The number of carboxylic acids is 1. The summed E-state index contributed by atoms with van der Waals surface area (Å²) in [5.74, 6) is -1.54. The van der Waals surface area contributed by atoms with E-state index < -0.39 is 23.6 Å². The van der Waals surface area contributed by atoms with E-state index >= 15 is 0 Å². The van der Waals surface area contributed by atoms with E-state index in [0.29, 0.717) is 11.3 Å². The minimum Gasteiger partial charge on any atom is -0.481 e. The largest absolute Gasteiger partial charge is 0.481 e. The third-order valence-corrected chi connectivity index (χ3v) is 2.73. The van der Waals surface area contributed by atoms with E-state index in [1.54, 1.807) is 45.0 Å². The number of rotatable bonds is 5. The Kier molecular flexibility index (Phi) is 6.12. The van der Waals surface area contributed by atoms with E-state index in [0.717, 1.165) is 4.90 Å². The van der Waals surface area contributed by atoms with Gasteiger partial charge in [-0.15, -0.1) is 0 Å². The van der Waals surface area contributed by atoms with Crippen molar-refractivity contribution in [3.05, 3.63) is 29.8 Å². The van der Waals surface area contributed by atoms with Gasteiger partial charge in [0.05, 0.1) is 13.5 Å². The Morgan fingerprint density at radius 3 is 2.13 bits per heavy atom. The molecule has 0 heterocycles. The second-order valence-electron chi connectivity index (χ2n) is 5.88. The molecule has 0 atom stereocenters. The summed E-state index contributed by atoms with van der Waals surface area (Å²) in [7, 11) is 1.23. The summed E-state index contributed by atoms with van der Waals surface area (Å²) < 4.78 is 9.87. The van der Waals surface area contributed by atoms with Crippen molar-refractivity contribution in [2.45, 2.75) is 32.8 Å². The Morgan fingerprint density at radius 1 is 1.13 bits per heavy atom. The molecule has 0 spiro atoms. The number of carbonyl (C=O) groups is 3. The standard InChI is InChI=1S/C16H21NO6/c1-16(2,3)23-15(21)17(10-14(20)22-4)12-7-5-11(6-8-12)9-13(18)19/h5-8H,9-10H2,1-4H3,(H,18,19). The number of benzene rings is 1. The average molecular weight is 323 g/mol. The van der Waals surface area contributed by atoms with Crippen molar-refractivity contribution in [1.29, 1.82) is 0 Å². The maximum Gasteiger partial charge on any atom is 0.415 e. The van der Waals surface area contributed by atoms with Gasteiger partial charge in [0.2, 0.25) is 0 Å². The highest BCUT2D eigenvalue weighted by Gasteiger charge is 2.25. The number of anilines is 1. The van der Waals surface area contributed by atoms with Gasteiger partial charge in [-0.3, -0.25) is 14.5 Å². The predicted octanol–water partition coefficient (Wildman–Crippen LogP) is 2.23. The van der Waals surface area contributed by atoms with Crippen LogP contribution in [0.3, 0.4) is 0 Å². The summed E-state index contributed by atoms with van der Waals surface area (Å²) in [5, 5.41) is 8.77. The van der Waals surface area contributed by atoms with Crippen LogP contribution in [0.15, 0.2) is 24.3 Å². The monoisotopic (exact) mass is 323 g/mol. The number of carbonyl (C=O) groups excluding carboxylic acids is 2. The zero-order valence-electron chi connectivity index (χ0n) is 13.7. The summed E-state index contributed by atoms with van der Waals surface area (Å²) >= 11 is 0. The van der Waals surface area contributed by atoms with E-state index in [4.69, 9.17) is 9.84 Å². The van der Waals surface area contributed by atoms with Crippen molar-refractivity contribution in [2.75, 3.05) is 18.6 Å². The fraction of sp³-hybridized carbons (Fsp3) is 0.438. The zero-order chi connectivity index (χ0) is 17.6. The molecule has 1 N–H and O–H groups in total. The normalized spacial score (nSPS) is 10.8. The van der Waals surface area contributed by atoms with Crippen molar-refractivity contribution in [3.63, 3.8) is 0 Å². The second kappa shape index (κ2) is 7.62. The number of hydrogen-bond donors (Lipinski definition) is 1. The molecule has 1 aromatic rings. The van der Waals surface area contributed by atoms with Crippen LogP contribution in [0, 0.1) is 0 Å². The first-order valence-corrected chi connectivity index (χ1v) is 7.00. The number of aliphatic carboxylic acids is 1. The first-order chi connectivity index (χ1) is 10.6. The molecule has 0 bridgehead atoms. The molecule has 7 nitrogen and oxygen atoms in total. The van der Waals surface area contributed by atoms with Gasteiger partial charge in [0.15, 0.2) is 0 Å². The first kappa shape index (κ1) is 18.5. The smallest absolute Gasteiger partial charge is 0.415 e. The molecule has 1 amide bonds. The minimum atomic E-state index is -0.948. The van der Waals surface area contributed by atoms with E-state index in [1.165, 1.54) is 7.11 Å². The van der Waals surface area contributed by atoms with Crippen LogP contribution < -0.4 is 4.90 Å². The summed E-state index contributed by atoms with van der Waals surface area (Å²) in [4.78, 5) is 35.6. The number of ether oxygens (including phenoxy) is 2. The number of esters is 1. The van der Waals surface area contributed by atoms with Crippen LogP contribution in [0.25, 0.3) is 0 Å². The van der Waals surface area contributed by atoms with Crippen molar-refractivity contribution < 1.29 is 29.0 Å². The lowest BCUT2D eigenvalue weighted by molar-refractivity contribution is -0.139. The minimum absolute atomic E-state index is 0.121. The Labute approximate surface area is 134 Å². The third kappa shape index (κ3) is 6.37. The molecule has 0 fully saturated rings. The highest BCUT2D eigenvalue weighted by atomic mass is 16.6. The van der Waals surface area contributed by atoms with Gasteiger partial charge in [0, 0.05) is 5.69 Å². The van der Waals surface area contributed by atoms with E-state index in [1.807, 2.05) is 0 Å². The number of hydrogen-bond acceptors (Lipinski definition) is 5. The highest BCUT2D eigenvalue weighted by molar-refractivity contribution is 5.93. The molecule has 0 aromatic heterocycles. The molecule has 0 saturated heterocycles. The lowest BCUT2D eigenvalue weighted by atomic mass is 10.1. The van der Waals surface area contributed by atoms with Crippen LogP contribution in [0.1, 0.15) is 26.3 Å². The molecule has 0 saturated carbocycles. The topological polar surface area (TPSA) is 93.1 Å². The molecular formula is C16H21NO6. The molecule has 126 valence electrons. The molecule has 23 heavy (non-hydrogen) atoms. The summed E-state index contributed by atoms with van der Waals surface area (Å²) in [6, 6.07) is 6.28. The number of amides is 1. The molecule has 0 radical (unpaired) electrons. The molecule has 1 aromatic carbocycles. The van der Waals surface area contributed by atoms with Crippen LogP contribution >= 0.6 is 0 Å². The van der Waals surface area contributed by atoms with Gasteiger partial charge in [0.1, 0.15) is 12.1 Å². The van der Waals surface area contributed by atoms with E-state index in [9.17, 15) is 14.4 Å². The van der Waals surface area contributed by atoms with Crippen molar-refractivity contribution >= 4 is 23.7 Å². The molecule has 0 aliphatic rings. The number of methoxy groups -OCH3 is 1. The van der Waals surface area contributed by atoms with Gasteiger partial charge in [0.25, 0.3) is 0 Å². The predicted molar refractivity (Wildman–Crippen MR) is 83.4 cm³/mol. The van der Waals surface area contributed by atoms with Crippen LogP contribution in [0.4, 0.5) is 10.5 Å². The van der Waals surface area contributed by atoms with Gasteiger partial charge in [-0.05, 0) is 38.5 Å². The molecule has 7 heteroatoms. The second-order valence-corrected chi connectivity index (χ2v) is 5.88. The van der Waals surface area contributed by atoms with Crippen LogP contribution in [-0.4, -0.2) is 42.4 Å². The van der Waals surface area contributed by atoms with Gasteiger partial charge in [-0.2, -0.15) is 0 Å². The summed E-state index contributed by atoms with van der Waals surface area (Å²) in [5.41, 5.74) is 0.288. The maximum atomic E-state index is 12.3. The van der Waals surface area contributed by atoms with Gasteiger partial charge in [-0.25, -0.2) is 4.79 Å². The van der Waals surface area contributed by atoms with Crippen LogP contribution in [0.2, 0.25) is 0 Å². The zero-order valence-corrected chi connectivity index (χ0v) is 13.7. The molecule has 1 rings (SSSR count). The first-order valence-electron chi connectivity index (χ1n) is 7.00. The fourth-order valence-electron chi connectivity index (χ4n) is 1.74. The average Bonchev–Trinajstić information content (AvgIpc) is 2.43. The Hall–Kier alpha value is -2.57. The van der Waals surface area contributed by atoms with Gasteiger partial charge in [-0.1, -0.05) is 12.1 Å². The number of nitrogens with zero attached hydrogens (tertiary/aromatic N) is 1. The summed E-state index contributed by atoms with van der Waals surface area (Å²) in [6.45, 7) is 4.86. The summed E-state index contributed by atoms with van der Waals surface area (Å²) in [6.07, 6.45) is -0.808. The maximum absolute atomic E-state index is 12.3. The highest BCUT2D eigenvalue weighted by Crippen LogP contribution is 2.19. The third-order valence-electron chi connectivity index (χ3n) is 2.73. The Bertz CT molecular complexity index is 573. The SMILES string of the molecule is COC(=O)CN(C(=O)OC(C)(C)C)c1ccc(CC(=O)O)cc1. The quantitative estimate of drug-likeness (QED) is 0.835. The van der Waals surface area contributed by atoms with Gasteiger partial charge >= 0.3 is 18.0 Å². The molecular weight excluding hydrogens is 302 g/mol. The van der Waals surface area contributed by atoms with Crippen molar-refractivity contribution in [1.82, 2.24) is 0 Å².